The molecular formula is C60H108O6. The van der Waals surface area contributed by atoms with Crippen molar-refractivity contribution in [3.8, 4) is 0 Å². The van der Waals surface area contributed by atoms with Gasteiger partial charge in [0.2, 0.25) is 0 Å². The molecule has 6 heteroatoms. The summed E-state index contributed by atoms with van der Waals surface area (Å²) in [4.78, 5) is 37.8. The molecule has 0 N–H and O–H groups in total. The first kappa shape index (κ1) is 63.4. The topological polar surface area (TPSA) is 78.9 Å². The SMILES string of the molecule is CC/C=C\C/C=C\C/C=C\C/C=C\CCCCCCCCC(=O)OC(COC(=O)CCCCCCC)COC(=O)CCCCCCCCCCCCCCCCCCCCCCCCCC. The summed E-state index contributed by atoms with van der Waals surface area (Å²) in [7, 11) is 0. The van der Waals surface area contributed by atoms with E-state index < -0.39 is 6.10 Å². The normalized spacial score (nSPS) is 12.3. The lowest BCUT2D eigenvalue weighted by Crippen LogP contribution is -2.30. The molecule has 0 aromatic carbocycles. The van der Waals surface area contributed by atoms with E-state index in [1.165, 1.54) is 154 Å². The van der Waals surface area contributed by atoms with Crippen LogP contribution in [0.2, 0.25) is 0 Å². The van der Waals surface area contributed by atoms with E-state index in [0.717, 1.165) is 103 Å². The number of esters is 3. The van der Waals surface area contributed by atoms with Crippen molar-refractivity contribution in [2.24, 2.45) is 0 Å². The third-order valence-electron chi connectivity index (χ3n) is 12.6. The van der Waals surface area contributed by atoms with E-state index in [1.54, 1.807) is 0 Å². The summed E-state index contributed by atoms with van der Waals surface area (Å²) >= 11 is 0. The minimum Gasteiger partial charge on any atom is -0.462 e. The fourth-order valence-electron chi connectivity index (χ4n) is 8.32. The van der Waals surface area contributed by atoms with Gasteiger partial charge in [0.1, 0.15) is 13.2 Å². The van der Waals surface area contributed by atoms with Gasteiger partial charge in [0.05, 0.1) is 0 Å². The fraction of sp³-hybridized carbons (Fsp3) is 0.817. The third-order valence-corrected chi connectivity index (χ3v) is 12.6. The molecule has 0 fully saturated rings. The first-order valence-corrected chi connectivity index (χ1v) is 28.6. The van der Waals surface area contributed by atoms with Crippen LogP contribution in [0, 0.1) is 0 Å². The summed E-state index contributed by atoms with van der Waals surface area (Å²) in [5, 5.41) is 0. The van der Waals surface area contributed by atoms with Crippen LogP contribution in [-0.2, 0) is 28.6 Å². The Bertz CT molecular complexity index is 1150. The lowest BCUT2D eigenvalue weighted by atomic mass is 10.0. The molecule has 1 atom stereocenters. The molecule has 0 rings (SSSR count). The Morgan fingerprint density at radius 1 is 0.318 bits per heavy atom. The van der Waals surface area contributed by atoms with E-state index in [9.17, 15) is 14.4 Å². The molecule has 0 aliphatic rings. The highest BCUT2D eigenvalue weighted by Gasteiger charge is 2.19. The van der Waals surface area contributed by atoms with Crippen LogP contribution < -0.4 is 0 Å². The van der Waals surface area contributed by atoms with Crippen LogP contribution in [0.4, 0.5) is 0 Å². The van der Waals surface area contributed by atoms with Gasteiger partial charge in [-0.25, -0.2) is 0 Å². The van der Waals surface area contributed by atoms with Crippen molar-refractivity contribution < 1.29 is 28.6 Å². The molecule has 0 saturated heterocycles. The fourth-order valence-corrected chi connectivity index (χ4v) is 8.32. The van der Waals surface area contributed by atoms with Crippen LogP contribution in [0.25, 0.3) is 0 Å². The molecule has 0 spiro atoms. The van der Waals surface area contributed by atoms with Crippen LogP contribution in [0.1, 0.15) is 297 Å². The average molecular weight is 926 g/mol. The van der Waals surface area contributed by atoms with Gasteiger partial charge in [-0.3, -0.25) is 14.4 Å². The molecular weight excluding hydrogens is 817 g/mol. The molecule has 0 saturated carbocycles. The van der Waals surface area contributed by atoms with Gasteiger partial charge >= 0.3 is 17.9 Å². The van der Waals surface area contributed by atoms with Crippen LogP contribution in [-0.4, -0.2) is 37.2 Å². The van der Waals surface area contributed by atoms with Crippen LogP contribution in [0.3, 0.4) is 0 Å². The largest absolute Gasteiger partial charge is 0.462 e. The monoisotopic (exact) mass is 925 g/mol. The Morgan fingerprint density at radius 3 is 0.924 bits per heavy atom. The minimum atomic E-state index is -0.775. The van der Waals surface area contributed by atoms with Gasteiger partial charge in [0.25, 0.3) is 0 Å². The van der Waals surface area contributed by atoms with Gasteiger partial charge in [-0.05, 0) is 57.8 Å². The molecule has 66 heavy (non-hydrogen) atoms. The predicted molar refractivity (Wildman–Crippen MR) is 284 cm³/mol. The summed E-state index contributed by atoms with van der Waals surface area (Å²) in [6.07, 6.45) is 67.3. The van der Waals surface area contributed by atoms with Gasteiger partial charge < -0.3 is 14.2 Å². The van der Waals surface area contributed by atoms with E-state index in [2.05, 4.69) is 69.4 Å². The Kier molecular flexibility index (Phi) is 52.8. The molecule has 0 bridgehead atoms. The van der Waals surface area contributed by atoms with Gasteiger partial charge in [-0.1, -0.05) is 268 Å². The minimum absolute atomic E-state index is 0.0764. The molecule has 0 radical (unpaired) electrons. The Balaban J connectivity index is 4.06. The zero-order chi connectivity index (χ0) is 47.9. The van der Waals surface area contributed by atoms with E-state index in [-0.39, 0.29) is 31.1 Å². The Hall–Kier alpha value is -2.63. The third kappa shape index (κ3) is 52.3. The number of hydrogen-bond donors (Lipinski definition) is 0. The first-order chi connectivity index (χ1) is 32.5. The second-order valence-corrected chi connectivity index (χ2v) is 19.2. The van der Waals surface area contributed by atoms with Crippen molar-refractivity contribution >= 4 is 17.9 Å². The van der Waals surface area contributed by atoms with Gasteiger partial charge in [-0.15, -0.1) is 0 Å². The number of carbonyl (C=O) groups is 3. The summed E-state index contributed by atoms with van der Waals surface area (Å²) in [6.45, 7) is 6.47. The number of carbonyl (C=O) groups excluding carboxylic acids is 3. The number of hydrogen-bond acceptors (Lipinski definition) is 6. The van der Waals surface area contributed by atoms with Gasteiger partial charge in [0.15, 0.2) is 6.10 Å². The molecule has 384 valence electrons. The molecule has 0 amide bonds. The average Bonchev–Trinajstić information content (AvgIpc) is 3.31. The Labute approximate surface area is 409 Å². The van der Waals surface area contributed by atoms with Crippen molar-refractivity contribution in [3.05, 3.63) is 48.6 Å². The van der Waals surface area contributed by atoms with Crippen molar-refractivity contribution in [2.75, 3.05) is 13.2 Å². The second kappa shape index (κ2) is 55.0. The quantitative estimate of drug-likeness (QED) is 0.0262. The second-order valence-electron chi connectivity index (χ2n) is 19.2. The summed E-state index contributed by atoms with van der Waals surface area (Å²) in [5.41, 5.74) is 0. The van der Waals surface area contributed by atoms with E-state index in [0.29, 0.717) is 19.3 Å². The molecule has 0 aliphatic carbocycles. The molecule has 0 aromatic rings. The highest BCUT2D eigenvalue weighted by Crippen LogP contribution is 2.17. The summed E-state index contributed by atoms with van der Waals surface area (Å²) < 4.78 is 16.7. The standard InChI is InChI=1S/C60H108O6/c1-4-7-10-13-15-17-19-21-23-25-27-28-29-30-31-33-34-36-38-40-42-44-47-50-53-59(62)65-56-57(55-64-58(61)52-49-46-12-9-6-3)66-60(63)54-51-48-45-43-41-39-37-35-32-26-24-22-20-18-16-14-11-8-5-2/h8,11,16,18,22,24,32,35,57H,4-7,9-10,12-15,17,19-21,23,25-31,33-34,36-56H2,1-3H3/b11-8-,18-16-,24-22-,35-32-. The smallest absolute Gasteiger partial charge is 0.306 e. The van der Waals surface area contributed by atoms with Crippen molar-refractivity contribution in [1.82, 2.24) is 0 Å². The number of allylic oxidation sites excluding steroid dienone is 8. The lowest BCUT2D eigenvalue weighted by Gasteiger charge is -2.18. The van der Waals surface area contributed by atoms with Crippen molar-refractivity contribution in [2.45, 2.75) is 303 Å². The number of unbranched alkanes of at least 4 members (excludes halogenated alkanes) is 33. The van der Waals surface area contributed by atoms with E-state index in [1.807, 2.05) is 0 Å². The number of rotatable bonds is 52. The van der Waals surface area contributed by atoms with Crippen LogP contribution in [0.5, 0.6) is 0 Å². The lowest BCUT2D eigenvalue weighted by molar-refractivity contribution is -0.167. The maximum absolute atomic E-state index is 12.8. The zero-order valence-corrected chi connectivity index (χ0v) is 44.0. The predicted octanol–water partition coefficient (Wildman–Crippen LogP) is 19.0. The molecule has 0 aromatic heterocycles. The zero-order valence-electron chi connectivity index (χ0n) is 44.0. The molecule has 0 heterocycles. The maximum atomic E-state index is 12.8. The summed E-state index contributed by atoms with van der Waals surface area (Å²) in [5.74, 6) is -0.892. The highest BCUT2D eigenvalue weighted by atomic mass is 16.6. The van der Waals surface area contributed by atoms with E-state index >= 15 is 0 Å². The van der Waals surface area contributed by atoms with Crippen LogP contribution >= 0.6 is 0 Å². The summed E-state index contributed by atoms with van der Waals surface area (Å²) in [6, 6.07) is 0. The van der Waals surface area contributed by atoms with Crippen molar-refractivity contribution in [3.63, 3.8) is 0 Å². The first-order valence-electron chi connectivity index (χ1n) is 28.6. The molecule has 0 aliphatic heterocycles. The van der Waals surface area contributed by atoms with Gasteiger partial charge in [-0.2, -0.15) is 0 Å². The molecule has 1 unspecified atom stereocenters. The number of ether oxygens (including phenoxy) is 3. The van der Waals surface area contributed by atoms with Crippen molar-refractivity contribution in [1.29, 1.82) is 0 Å². The van der Waals surface area contributed by atoms with Gasteiger partial charge in [0, 0.05) is 19.3 Å². The highest BCUT2D eigenvalue weighted by molar-refractivity contribution is 5.71. The van der Waals surface area contributed by atoms with Crippen LogP contribution in [0.15, 0.2) is 48.6 Å². The Morgan fingerprint density at radius 2 is 0.591 bits per heavy atom. The molecule has 6 nitrogen and oxygen atoms in total. The maximum Gasteiger partial charge on any atom is 0.306 e. The van der Waals surface area contributed by atoms with E-state index in [4.69, 9.17) is 14.2 Å².